The number of hydrogen-bond donors (Lipinski definition) is 0. The molecule has 0 aliphatic heterocycles. The summed E-state index contributed by atoms with van der Waals surface area (Å²) >= 11 is 0. The highest BCUT2D eigenvalue weighted by Gasteiger charge is 2.13. The standard InChI is InChI=1S/C34H41NO5/c1-38-33(36)13-7-8-21-35(24-26-14-18-30(19-15-26)34(37)39-2)22-20-29-10-5-6-12-32(29)40-25-27-16-17-28-9-3-4-11-31(28)23-27/h5-6,10,12,14-19,23H,3-4,7-9,11,13,20-22,24-25H2,1-2H3. The van der Waals surface area contributed by atoms with Gasteiger partial charge in [0.25, 0.3) is 0 Å². The first kappa shape index (κ1) is 29.3. The van der Waals surface area contributed by atoms with Crippen LogP contribution in [0.3, 0.4) is 0 Å². The number of methoxy groups -OCH3 is 2. The minimum atomic E-state index is -0.335. The third-order valence-electron chi connectivity index (χ3n) is 7.59. The molecule has 3 aromatic rings. The highest BCUT2D eigenvalue weighted by atomic mass is 16.5. The lowest BCUT2D eigenvalue weighted by Gasteiger charge is -2.23. The lowest BCUT2D eigenvalue weighted by Crippen LogP contribution is -2.27. The van der Waals surface area contributed by atoms with Gasteiger partial charge in [-0.2, -0.15) is 0 Å². The molecule has 40 heavy (non-hydrogen) atoms. The van der Waals surface area contributed by atoms with Gasteiger partial charge in [-0.15, -0.1) is 0 Å². The van der Waals surface area contributed by atoms with Crippen molar-refractivity contribution in [3.8, 4) is 5.75 Å². The lowest BCUT2D eigenvalue weighted by molar-refractivity contribution is -0.140. The molecule has 6 nitrogen and oxygen atoms in total. The van der Waals surface area contributed by atoms with Gasteiger partial charge in [0.1, 0.15) is 12.4 Å². The summed E-state index contributed by atoms with van der Waals surface area (Å²) < 4.78 is 15.9. The van der Waals surface area contributed by atoms with Crippen LogP contribution in [0.4, 0.5) is 0 Å². The Morgan fingerprint density at radius 1 is 0.800 bits per heavy atom. The van der Waals surface area contributed by atoms with Crippen LogP contribution >= 0.6 is 0 Å². The number of esters is 2. The Labute approximate surface area is 238 Å². The maximum absolute atomic E-state index is 11.8. The number of carbonyl (C=O) groups excluding carboxylic acids is 2. The van der Waals surface area contributed by atoms with Crippen molar-refractivity contribution in [1.82, 2.24) is 4.90 Å². The fraction of sp³-hybridized carbons (Fsp3) is 0.412. The van der Waals surface area contributed by atoms with E-state index in [9.17, 15) is 9.59 Å². The summed E-state index contributed by atoms with van der Waals surface area (Å²) in [6.45, 7) is 3.01. The number of rotatable bonds is 14. The zero-order valence-corrected chi connectivity index (χ0v) is 23.8. The zero-order chi connectivity index (χ0) is 28.2. The van der Waals surface area contributed by atoms with Gasteiger partial charge in [0.2, 0.25) is 0 Å². The summed E-state index contributed by atoms with van der Waals surface area (Å²) in [6.07, 6.45) is 7.87. The minimum Gasteiger partial charge on any atom is -0.489 e. The minimum absolute atomic E-state index is 0.171. The van der Waals surface area contributed by atoms with Crippen LogP contribution < -0.4 is 4.74 Å². The van der Waals surface area contributed by atoms with Gasteiger partial charge in [-0.05, 0) is 97.5 Å². The maximum Gasteiger partial charge on any atom is 0.337 e. The maximum atomic E-state index is 11.8. The monoisotopic (exact) mass is 543 g/mol. The second kappa shape index (κ2) is 15.2. The average molecular weight is 544 g/mol. The molecule has 0 saturated heterocycles. The summed E-state index contributed by atoms with van der Waals surface area (Å²) in [4.78, 5) is 25.8. The van der Waals surface area contributed by atoms with E-state index >= 15 is 0 Å². The molecule has 4 rings (SSSR count). The molecule has 0 amide bonds. The van der Waals surface area contributed by atoms with Gasteiger partial charge in [0.15, 0.2) is 0 Å². The van der Waals surface area contributed by atoms with Crippen LogP contribution in [0.1, 0.15) is 70.3 Å². The van der Waals surface area contributed by atoms with Crippen molar-refractivity contribution in [1.29, 1.82) is 0 Å². The number of aryl methyl sites for hydroxylation is 2. The van der Waals surface area contributed by atoms with Gasteiger partial charge >= 0.3 is 11.9 Å². The summed E-state index contributed by atoms with van der Waals surface area (Å²) in [6, 6.07) is 22.6. The third kappa shape index (κ3) is 8.68. The van der Waals surface area contributed by atoms with Gasteiger partial charge in [-0.1, -0.05) is 48.5 Å². The molecule has 212 valence electrons. The molecule has 3 aromatic carbocycles. The van der Waals surface area contributed by atoms with E-state index in [4.69, 9.17) is 14.2 Å². The van der Waals surface area contributed by atoms with Crippen molar-refractivity contribution in [3.05, 3.63) is 100 Å². The Hall–Kier alpha value is -3.64. The molecule has 6 heteroatoms. The van der Waals surface area contributed by atoms with Crippen molar-refractivity contribution in [2.75, 3.05) is 27.3 Å². The van der Waals surface area contributed by atoms with Crippen LogP contribution in [0.5, 0.6) is 5.75 Å². The Morgan fingerprint density at radius 2 is 1.55 bits per heavy atom. The number of nitrogens with zero attached hydrogens (tertiary/aromatic N) is 1. The number of carbonyl (C=O) groups is 2. The first-order valence-corrected chi connectivity index (χ1v) is 14.3. The molecule has 0 bridgehead atoms. The van der Waals surface area contributed by atoms with E-state index in [0.717, 1.165) is 50.2 Å². The largest absolute Gasteiger partial charge is 0.489 e. The highest BCUT2D eigenvalue weighted by Crippen LogP contribution is 2.25. The van der Waals surface area contributed by atoms with Crippen molar-refractivity contribution >= 4 is 11.9 Å². The molecule has 1 aliphatic carbocycles. The molecule has 0 saturated carbocycles. The smallest absolute Gasteiger partial charge is 0.337 e. The molecule has 0 heterocycles. The van der Waals surface area contributed by atoms with Crippen LogP contribution in [0.15, 0.2) is 66.7 Å². The van der Waals surface area contributed by atoms with E-state index in [1.807, 2.05) is 18.2 Å². The summed E-state index contributed by atoms with van der Waals surface area (Å²) in [5, 5.41) is 0. The van der Waals surface area contributed by atoms with Crippen LogP contribution in [0.25, 0.3) is 0 Å². The molecule has 0 radical (unpaired) electrons. The second-order valence-electron chi connectivity index (χ2n) is 10.5. The number of ether oxygens (including phenoxy) is 3. The van der Waals surface area contributed by atoms with Gasteiger partial charge in [-0.3, -0.25) is 9.69 Å². The quantitative estimate of drug-likeness (QED) is 0.175. The van der Waals surface area contributed by atoms with Crippen molar-refractivity contribution < 1.29 is 23.8 Å². The number of para-hydroxylation sites is 1. The topological polar surface area (TPSA) is 65.1 Å². The molecule has 0 N–H and O–H groups in total. The molecule has 0 fully saturated rings. The molecule has 1 aliphatic rings. The highest BCUT2D eigenvalue weighted by molar-refractivity contribution is 5.89. The van der Waals surface area contributed by atoms with Gasteiger partial charge in [0, 0.05) is 19.5 Å². The molecular weight excluding hydrogens is 502 g/mol. The van der Waals surface area contributed by atoms with Gasteiger partial charge in [0.05, 0.1) is 19.8 Å². The summed E-state index contributed by atoms with van der Waals surface area (Å²) in [5.74, 6) is 0.418. The number of unbranched alkanes of at least 4 members (excludes halogenated alkanes) is 1. The van der Waals surface area contributed by atoms with Crippen LogP contribution in [0, 0.1) is 0 Å². The predicted molar refractivity (Wildman–Crippen MR) is 156 cm³/mol. The number of fused-ring (bicyclic) bond motifs is 1. The average Bonchev–Trinajstić information content (AvgIpc) is 3.00. The molecule has 0 atom stereocenters. The normalized spacial score (nSPS) is 12.6. The molecular formula is C34H41NO5. The first-order valence-electron chi connectivity index (χ1n) is 14.3. The summed E-state index contributed by atoms with van der Waals surface area (Å²) in [7, 11) is 2.82. The Morgan fingerprint density at radius 3 is 2.33 bits per heavy atom. The second-order valence-corrected chi connectivity index (χ2v) is 10.5. The van der Waals surface area contributed by atoms with Gasteiger partial charge in [-0.25, -0.2) is 4.79 Å². The van der Waals surface area contributed by atoms with Crippen LogP contribution in [-0.4, -0.2) is 44.1 Å². The Bertz CT molecular complexity index is 1250. The predicted octanol–water partition coefficient (Wildman–Crippen LogP) is 6.32. The van der Waals surface area contributed by atoms with Crippen LogP contribution in [-0.2, 0) is 46.7 Å². The van der Waals surface area contributed by atoms with E-state index in [2.05, 4.69) is 41.3 Å². The van der Waals surface area contributed by atoms with E-state index in [0.29, 0.717) is 18.6 Å². The Kier molecular flexibility index (Phi) is 11.2. The van der Waals surface area contributed by atoms with Crippen molar-refractivity contribution in [2.24, 2.45) is 0 Å². The summed E-state index contributed by atoms with van der Waals surface area (Å²) in [5.41, 5.74) is 7.03. The van der Waals surface area contributed by atoms with E-state index in [1.54, 1.807) is 12.1 Å². The third-order valence-corrected chi connectivity index (χ3v) is 7.59. The molecule has 0 unspecified atom stereocenters. The fourth-order valence-electron chi connectivity index (χ4n) is 5.27. The van der Waals surface area contributed by atoms with Crippen molar-refractivity contribution in [2.45, 2.75) is 64.5 Å². The van der Waals surface area contributed by atoms with Crippen molar-refractivity contribution in [3.63, 3.8) is 0 Å². The van der Waals surface area contributed by atoms with Crippen LogP contribution in [0.2, 0.25) is 0 Å². The fourth-order valence-corrected chi connectivity index (χ4v) is 5.27. The first-order chi connectivity index (χ1) is 19.6. The lowest BCUT2D eigenvalue weighted by atomic mass is 9.90. The SMILES string of the molecule is COC(=O)CCCCN(CCc1ccccc1OCc1ccc2c(c1)CCCC2)Cc1ccc(C(=O)OC)cc1. The zero-order valence-electron chi connectivity index (χ0n) is 23.8. The number of benzene rings is 3. The molecule has 0 aromatic heterocycles. The van der Waals surface area contributed by atoms with E-state index in [1.165, 1.54) is 62.2 Å². The van der Waals surface area contributed by atoms with E-state index in [-0.39, 0.29) is 11.9 Å². The van der Waals surface area contributed by atoms with E-state index < -0.39 is 0 Å². The molecule has 0 spiro atoms. The van der Waals surface area contributed by atoms with Gasteiger partial charge < -0.3 is 14.2 Å². The number of hydrogen-bond acceptors (Lipinski definition) is 6. The Balaban J connectivity index is 1.38.